The van der Waals surface area contributed by atoms with Gasteiger partial charge >= 0.3 is 0 Å². The monoisotopic (exact) mass is 308 g/mol. The SMILES string of the molecule is O=S(=O)(CC1CCNCC1)N1CCCc2ccccc2C1. The molecule has 0 aliphatic carbocycles. The summed E-state index contributed by atoms with van der Waals surface area (Å²) in [6.45, 7) is 3.09. The zero-order chi connectivity index (χ0) is 14.7. The van der Waals surface area contributed by atoms with Gasteiger partial charge in [-0.1, -0.05) is 24.3 Å². The molecule has 0 unspecified atom stereocenters. The largest absolute Gasteiger partial charge is 0.317 e. The highest BCUT2D eigenvalue weighted by Gasteiger charge is 2.28. The molecule has 0 spiro atoms. The highest BCUT2D eigenvalue weighted by Crippen LogP contribution is 2.23. The molecule has 0 bridgehead atoms. The van der Waals surface area contributed by atoms with Gasteiger partial charge in [0.1, 0.15) is 0 Å². The Labute approximate surface area is 127 Å². The minimum atomic E-state index is -3.14. The van der Waals surface area contributed by atoms with Gasteiger partial charge < -0.3 is 5.32 Å². The molecule has 2 aliphatic heterocycles. The Morgan fingerprint density at radius 2 is 1.86 bits per heavy atom. The number of aryl methyl sites for hydroxylation is 1. The second-order valence-corrected chi connectivity index (χ2v) is 8.19. The molecule has 1 N–H and O–H groups in total. The van der Waals surface area contributed by atoms with E-state index in [1.807, 2.05) is 12.1 Å². The van der Waals surface area contributed by atoms with Crippen LogP contribution in [0.5, 0.6) is 0 Å². The first-order valence-corrected chi connectivity index (χ1v) is 9.51. The number of piperidine rings is 1. The molecule has 3 rings (SSSR count). The Balaban J connectivity index is 1.73. The summed E-state index contributed by atoms with van der Waals surface area (Å²) in [6, 6.07) is 8.23. The highest BCUT2D eigenvalue weighted by molar-refractivity contribution is 7.89. The van der Waals surface area contributed by atoms with Crippen LogP contribution in [-0.4, -0.2) is 38.1 Å². The van der Waals surface area contributed by atoms with E-state index < -0.39 is 10.0 Å². The van der Waals surface area contributed by atoms with Crippen molar-refractivity contribution in [3.8, 4) is 0 Å². The number of rotatable bonds is 3. The van der Waals surface area contributed by atoms with Gasteiger partial charge in [0.25, 0.3) is 0 Å². The fourth-order valence-corrected chi connectivity index (χ4v) is 5.24. The van der Waals surface area contributed by atoms with Gasteiger partial charge in [0.2, 0.25) is 10.0 Å². The third-order valence-electron chi connectivity index (χ3n) is 4.62. The van der Waals surface area contributed by atoms with Crippen LogP contribution in [0.3, 0.4) is 0 Å². The van der Waals surface area contributed by atoms with E-state index in [1.54, 1.807) is 4.31 Å². The first kappa shape index (κ1) is 15.0. The lowest BCUT2D eigenvalue weighted by molar-refractivity contribution is 0.374. The Hall–Kier alpha value is -0.910. The van der Waals surface area contributed by atoms with E-state index in [0.717, 1.165) is 38.8 Å². The molecule has 2 aliphatic rings. The predicted molar refractivity (Wildman–Crippen MR) is 84.6 cm³/mol. The fraction of sp³-hybridized carbons (Fsp3) is 0.625. The van der Waals surface area contributed by atoms with Crippen LogP contribution in [-0.2, 0) is 23.0 Å². The molecule has 1 aromatic rings. The Kier molecular flexibility index (Phi) is 4.62. The topological polar surface area (TPSA) is 49.4 Å². The van der Waals surface area contributed by atoms with Gasteiger partial charge in [-0.2, -0.15) is 4.31 Å². The van der Waals surface area contributed by atoms with E-state index in [0.29, 0.717) is 24.8 Å². The smallest absolute Gasteiger partial charge is 0.214 e. The summed E-state index contributed by atoms with van der Waals surface area (Å²) in [4.78, 5) is 0. The predicted octanol–water partition coefficient (Wildman–Crippen LogP) is 1.76. The summed E-state index contributed by atoms with van der Waals surface area (Å²) in [7, 11) is -3.14. The zero-order valence-electron chi connectivity index (χ0n) is 12.4. The molecule has 2 heterocycles. The van der Waals surface area contributed by atoms with Crippen LogP contribution in [0.2, 0.25) is 0 Å². The third-order valence-corrected chi connectivity index (χ3v) is 6.61. The molecular weight excluding hydrogens is 284 g/mol. The van der Waals surface area contributed by atoms with Crippen molar-refractivity contribution >= 4 is 10.0 Å². The molecular formula is C16H24N2O2S. The van der Waals surface area contributed by atoms with E-state index in [-0.39, 0.29) is 0 Å². The lowest BCUT2D eigenvalue weighted by Gasteiger charge is -2.26. The standard InChI is InChI=1S/C16H24N2O2S/c19-21(20,13-14-7-9-17-10-8-14)18-11-3-6-15-4-1-2-5-16(15)12-18/h1-2,4-5,14,17H,3,6-13H2. The first-order valence-electron chi connectivity index (χ1n) is 7.90. The van der Waals surface area contributed by atoms with Gasteiger partial charge in [-0.3, -0.25) is 0 Å². The average molecular weight is 308 g/mol. The molecule has 1 aromatic carbocycles. The number of sulfonamides is 1. The van der Waals surface area contributed by atoms with Crippen molar-refractivity contribution in [3.05, 3.63) is 35.4 Å². The van der Waals surface area contributed by atoms with E-state index in [1.165, 1.54) is 11.1 Å². The van der Waals surface area contributed by atoms with Gasteiger partial charge in [-0.25, -0.2) is 8.42 Å². The van der Waals surface area contributed by atoms with Crippen LogP contribution < -0.4 is 5.32 Å². The van der Waals surface area contributed by atoms with Crippen LogP contribution in [0.4, 0.5) is 0 Å². The lowest BCUT2D eigenvalue weighted by atomic mass is 10.0. The quantitative estimate of drug-likeness (QED) is 0.926. The molecule has 1 fully saturated rings. The third kappa shape index (κ3) is 3.65. The van der Waals surface area contributed by atoms with Gasteiger partial charge in [0.05, 0.1) is 5.75 Å². The van der Waals surface area contributed by atoms with E-state index in [4.69, 9.17) is 0 Å². The summed E-state index contributed by atoms with van der Waals surface area (Å²) < 4.78 is 27.2. The average Bonchev–Trinajstić information content (AvgIpc) is 2.70. The van der Waals surface area contributed by atoms with Gasteiger partial charge in [-0.05, 0) is 55.8 Å². The molecule has 0 saturated carbocycles. The van der Waals surface area contributed by atoms with E-state index in [9.17, 15) is 8.42 Å². The van der Waals surface area contributed by atoms with Crippen molar-refractivity contribution < 1.29 is 8.42 Å². The molecule has 21 heavy (non-hydrogen) atoms. The number of nitrogens with zero attached hydrogens (tertiary/aromatic N) is 1. The van der Waals surface area contributed by atoms with Crippen molar-refractivity contribution in [1.29, 1.82) is 0 Å². The summed E-state index contributed by atoms with van der Waals surface area (Å²) in [5.41, 5.74) is 2.47. The maximum atomic E-state index is 12.7. The summed E-state index contributed by atoms with van der Waals surface area (Å²) in [5, 5.41) is 3.29. The second-order valence-electron chi connectivity index (χ2n) is 6.18. The molecule has 4 nitrogen and oxygen atoms in total. The van der Waals surface area contributed by atoms with Crippen LogP contribution in [0.15, 0.2) is 24.3 Å². The van der Waals surface area contributed by atoms with Crippen LogP contribution in [0, 0.1) is 5.92 Å². The van der Waals surface area contributed by atoms with Crippen LogP contribution >= 0.6 is 0 Å². The normalized spacial score (nSPS) is 21.7. The molecule has 0 aromatic heterocycles. The van der Waals surface area contributed by atoms with Crippen LogP contribution in [0.25, 0.3) is 0 Å². The minimum absolute atomic E-state index is 0.315. The number of fused-ring (bicyclic) bond motifs is 1. The number of nitrogens with one attached hydrogen (secondary N) is 1. The van der Waals surface area contributed by atoms with E-state index >= 15 is 0 Å². The second kappa shape index (κ2) is 6.46. The zero-order valence-corrected chi connectivity index (χ0v) is 13.2. The number of hydrogen-bond donors (Lipinski definition) is 1. The molecule has 0 radical (unpaired) electrons. The van der Waals surface area contributed by atoms with Crippen molar-refractivity contribution in [2.75, 3.05) is 25.4 Å². The summed E-state index contributed by atoms with van der Waals surface area (Å²) >= 11 is 0. The van der Waals surface area contributed by atoms with Crippen molar-refractivity contribution in [1.82, 2.24) is 9.62 Å². The molecule has 116 valence electrons. The van der Waals surface area contributed by atoms with Crippen LogP contribution in [0.1, 0.15) is 30.4 Å². The van der Waals surface area contributed by atoms with Gasteiger partial charge in [-0.15, -0.1) is 0 Å². The first-order chi connectivity index (χ1) is 10.1. The summed E-state index contributed by atoms with van der Waals surface area (Å²) in [6.07, 6.45) is 3.85. The maximum Gasteiger partial charge on any atom is 0.214 e. The van der Waals surface area contributed by atoms with Gasteiger partial charge in [0.15, 0.2) is 0 Å². The molecule has 1 saturated heterocycles. The van der Waals surface area contributed by atoms with Gasteiger partial charge in [0, 0.05) is 13.1 Å². The Morgan fingerprint density at radius 3 is 2.62 bits per heavy atom. The number of hydrogen-bond acceptors (Lipinski definition) is 3. The van der Waals surface area contributed by atoms with Crippen molar-refractivity contribution in [3.63, 3.8) is 0 Å². The molecule has 5 heteroatoms. The molecule has 0 amide bonds. The Morgan fingerprint density at radius 1 is 1.14 bits per heavy atom. The van der Waals surface area contributed by atoms with Crippen molar-refractivity contribution in [2.24, 2.45) is 5.92 Å². The summed E-state index contributed by atoms with van der Waals surface area (Å²) in [5.74, 6) is 0.631. The highest BCUT2D eigenvalue weighted by atomic mass is 32.2. The van der Waals surface area contributed by atoms with E-state index in [2.05, 4.69) is 17.4 Å². The van der Waals surface area contributed by atoms with Crippen molar-refractivity contribution in [2.45, 2.75) is 32.2 Å². The Bertz CT molecular complexity index is 580. The maximum absolute atomic E-state index is 12.7. The molecule has 0 atom stereocenters. The lowest BCUT2D eigenvalue weighted by Crippen LogP contribution is -2.38. The number of benzene rings is 1. The minimum Gasteiger partial charge on any atom is -0.317 e. The fourth-order valence-electron chi connectivity index (χ4n) is 3.36.